The Morgan fingerprint density at radius 3 is 2.83 bits per heavy atom. The molecule has 3 aromatic heterocycles. The van der Waals surface area contributed by atoms with E-state index in [1.165, 1.54) is 4.52 Å². The third kappa shape index (κ3) is 4.51. The van der Waals surface area contributed by atoms with Gasteiger partial charge in [-0.2, -0.15) is 5.10 Å². The number of imidazole rings is 1. The maximum absolute atomic E-state index is 14.5. The van der Waals surface area contributed by atoms with Gasteiger partial charge in [0, 0.05) is 17.6 Å². The van der Waals surface area contributed by atoms with Gasteiger partial charge in [-0.3, -0.25) is 14.6 Å². The molecule has 0 aliphatic heterocycles. The van der Waals surface area contributed by atoms with E-state index in [9.17, 15) is 14.4 Å². The van der Waals surface area contributed by atoms with Crippen molar-refractivity contribution in [3.63, 3.8) is 0 Å². The fourth-order valence-electron chi connectivity index (χ4n) is 6.47. The van der Waals surface area contributed by atoms with E-state index in [1.54, 1.807) is 35.4 Å². The van der Waals surface area contributed by atoms with E-state index in [0.29, 0.717) is 39.8 Å². The number of carbonyl (C=O) groups is 2. The summed E-state index contributed by atoms with van der Waals surface area (Å²) in [6.07, 6.45) is 3.15. The second-order valence-electron chi connectivity index (χ2n) is 11.2. The van der Waals surface area contributed by atoms with Crippen LogP contribution in [0.2, 0.25) is 5.15 Å². The number of halogens is 2. The number of aromatic nitrogens is 4. The molecule has 3 heterocycles. The number of rotatable bonds is 8. The van der Waals surface area contributed by atoms with Gasteiger partial charge >= 0.3 is 5.76 Å². The molecule has 2 amide bonds. The molecule has 2 aromatic carbocycles. The first-order valence-corrected chi connectivity index (χ1v) is 14.8. The highest BCUT2D eigenvalue weighted by molar-refractivity contribution is 9.10. The molecule has 2 N–H and O–H groups in total. The number of amides is 2. The first kappa shape index (κ1) is 26.9. The van der Waals surface area contributed by atoms with Gasteiger partial charge in [0.2, 0.25) is 11.8 Å². The van der Waals surface area contributed by atoms with Crippen LogP contribution in [0.3, 0.4) is 0 Å². The zero-order valence-corrected chi connectivity index (χ0v) is 24.9. The lowest BCUT2D eigenvalue weighted by atomic mass is 9.75. The first-order chi connectivity index (χ1) is 20.2. The maximum atomic E-state index is 14.5. The smallest absolute Gasteiger partial charge is 0.408 e. The standard InChI is InChI=1S/C30H26BrClN6O4/c1-16-11-30(12-19(16)30)28(40)37(15-17-6-7-21-23(10-17)42-29(41)35-21)26(22-14-33-25-9-8-24(32)36-38(22)25)27(39)34-13-18-4-2-3-5-20(18)31/h2-10,14,16,19,26H,11-13,15H2,1H3,(H,34,39)(H,35,41)/t16-,19-,26?,30+/m1/s1. The van der Waals surface area contributed by atoms with Crippen LogP contribution in [0.5, 0.6) is 0 Å². The number of nitrogens with zero attached hydrogens (tertiary/aromatic N) is 4. The zero-order valence-electron chi connectivity index (χ0n) is 22.5. The van der Waals surface area contributed by atoms with Crippen molar-refractivity contribution in [2.45, 2.75) is 38.9 Å². The fourth-order valence-corrected chi connectivity index (χ4v) is 7.03. The molecule has 0 saturated heterocycles. The highest BCUT2D eigenvalue weighted by Gasteiger charge is 2.71. The summed E-state index contributed by atoms with van der Waals surface area (Å²) in [5.41, 5.74) is 2.98. The molecule has 5 aromatic rings. The van der Waals surface area contributed by atoms with Crippen LogP contribution in [0.15, 0.2) is 74.5 Å². The van der Waals surface area contributed by atoms with Crippen LogP contribution in [0.1, 0.15) is 42.6 Å². The molecule has 2 fully saturated rings. The molecule has 42 heavy (non-hydrogen) atoms. The quantitative estimate of drug-likeness (QED) is 0.243. The Balaban J connectivity index is 1.32. The largest absolute Gasteiger partial charge is 0.417 e. The second kappa shape index (κ2) is 10.1. The lowest BCUT2D eigenvalue weighted by molar-refractivity contribution is -0.150. The molecule has 12 heteroatoms. The molecule has 214 valence electrons. The van der Waals surface area contributed by atoms with Crippen molar-refractivity contribution in [1.29, 1.82) is 0 Å². The van der Waals surface area contributed by atoms with Gasteiger partial charge in [0.05, 0.1) is 22.8 Å². The number of hydrogen-bond acceptors (Lipinski definition) is 6. The average Bonchev–Trinajstić information content (AvgIpc) is 3.20. The average molecular weight is 650 g/mol. The molecule has 10 nitrogen and oxygen atoms in total. The predicted molar refractivity (Wildman–Crippen MR) is 158 cm³/mol. The van der Waals surface area contributed by atoms with Gasteiger partial charge < -0.3 is 14.6 Å². The van der Waals surface area contributed by atoms with Crippen molar-refractivity contribution in [1.82, 2.24) is 29.8 Å². The van der Waals surface area contributed by atoms with E-state index in [1.807, 2.05) is 30.3 Å². The first-order valence-electron chi connectivity index (χ1n) is 13.7. The van der Waals surface area contributed by atoms with Crippen LogP contribution in [-0.2, 0) is 22.7 Å². The minimum atomic E-state index is -1.07. The number of nitrogens with one attached hydrogen (secondary N) is 2. The molecule has 1 unspecified atom stereocenters. The summed E-state index contributed by atoms with van der Waals surface area (Å²) in [5.74, 6) is -0.259. The third-order valence-electron chi connectivity index (χ3n) is 8.64. The van der Waals surface area contributed by atoms with Gasteiger partial charge in [-0.15, -0.1) is 0 Å². The summed E-state index contributed by atoms with van der Waals surface area (Å²) in [6, 6.07) is 15.2. The number of H-pyrrole nitrogens is 1. The monoisotopic (exact) mass is 648 g/mol. The Labute approximate surface area is 253 Å². The van der Waals surface area contributed by atoms with Crippen molar-refractivity contribution < 1.29 is 14.0 Å². The lowest BCUT2D eigenvalue weighted by Gasteiger charge is -2.38. The number of hydrogen-bond donors (Lipinski definition) is 2. The summed E-state index contributed by atoms with van der Waals surface area (Å²) in [7, 11) is 0. The predicted octanol–water partition coefficient (Wildman–Crippen LogP) is 5.01. The number of aromatic amines is 1. The Morgan fingerprint density at radius 2 is 2.07 bits per heavy atom. The third-order valence-corrected chi connectivity index (χ3v) is 9.61. The van der Waals surface area contributed by atoms with E-state index in [2.05, 4.69) is 43.2 Å². The SMILES string of the molecule is C[C@@H]1C[C@]2(C(=O)N(Cc3ccc4[nH]c(=O)oc4c3)C(C(=O)NCc3ccccc3Br)c3cnc4ccc(Cl)nn34)C[C@H]12. The Hall–Kier alpha value is -3.96. The van der Waals surface area contributed by atoms with Crippen LogP contribution in [0.25, 0.3) is 16.7 Å². The molecule has 0 spiro atoms. The number of benzene rings is 2. The number of fused-ring (bicyclic) bond motifs is 3. The van der Waals surface area contributed by atoms with E-state index >= 15 is 0 Å². The van der Waals surface area contributed by atoms with E-state index in [-0.39, 0.29) is 30.1 Å². The lowest BCUT2D eigenvalue weighted by Crippen LogP contribution is -2.49. The highest BCUT2D eigenvalue weighted by atomic mass is 79.9. The number of carbonyl (C=O) groups excluding carboxylic acids is 2. The summed E-state index contributed by atoms with van der Waals surface area (Å²) >= 11 is 9.81. The number of oxazole rings is 1. The molecular weight excluding hydrogens is 624 g/mol. The zero-order chi connectivity index (χ0) is 29.2. The van der Waals surface area contributed by atoms with Crippen LogP contribution in [-0.4, -0.2) is 36.3 Å². The van der Waals surface area contributed by atoms with Crippen LogP contribution in [0.4, 0.5) is 0 Å². The van der Waals surface area contributed by atoms with Crippen molar-refractivity contribution in [3.8, 4) is 0 Å². The molecule has 0 bridgehead atoms. The molecule has 4 atom stereocenters. The molecule has 0 radical (unpaired) electrons. The summed E-state index contributed by atoms with van der Waals surface area (Å²) in [4.78, 5) is 49.2. The molecule has 2 aliphatic carbocycles. The van der Waals surface area contributed by atoms with Gasteiger partial charge in [0.25, 0.3) is 0 Å². The van der Waals surface area contributed by atoms with Gasteiger partial charge in [-0.05, 0) is 66.1 Å². The highest BCUT2D eigenvalue weighted by Crippen LogP contribution is 2.71. The fraction of sp³-hybridized carbons (Fsp3) is 0.300. The summed E-state index contributed by atoms with van der Waals surface area (Å²) < 4.78 is 7.67. The van der Waals surface area contributed by atoms with Crippen molar-refractivity contribution >= 4 is 56.1 Å². The van der Waals surface area contributed by atoms with Gasteiger partial charge in [0.1, 0.15) is 5.15 Å². The molecular formula is C30H26BrClN6O4. The summed E-state index contributed by atoms with van der Waals surface area (Å²) in [5, 5.41) is 7.69. The maximum Gasteiger partial charge on any atom is 0.417 e. The molecule has 7 rings (SSSR count). The van der Waals surface area contributed by atoms with E-state index in [0.717, 1.165) is 22.9 Å². The Morgan fingerprint density at radius 1 is 1.24 bits per heavy atom. The Kier molecular flexibility index (Phi) is 6.47. The minimum Gasteiger partial charge on any atom is -0.408 e. The van der Waals surface area contributed by atoms with Gasteiger partial charge in [-0.25, -0.2) is 14.3 Å². The minimum absolute atomic E-state index is 0.0840. The molecule has 2 aliphatic rings. The van der Waals surface area contributed by atoms with E-state index < -0.39 is 17.2 Å². The summed E-state index contributed by atoms with van der Waals surface area (Å²) in [6.45, 7) is 2.51. The Bertz CT molecular complexity index is 1930. The van der Waals surface area contributed by atoms with Gasteiger partial charge in [0.15, 0.2) is 17.3 Å². The second-order valence-corrected chi connectivity index (χ2v) is 12.5. The van der Waals surface area contributed by atoms with Crippen molar-refractivity contribution in [3.05, 3.63) is 97.8 Å². The normalized spacial score (nSPS) is 21.5. The molecule has 2 saturated carbocycles. The van der Waals surface area contributed by atoms with E-state index in [4.69, 9.17) is 16.0 Å². The van der Waals surface area contributed by atoms with Crippen molar-refractivity contribution in [2.75, 3.05) is 0 Å². The van der Waals surface area contributed by atoms with Crippen molar-refractivity contribution in [2.24, 2.45) is 17.3 Å². The van der Waals surface area contributed by atoms with Gasteiger partial charge in [-0.1, -0.05) is 58.7 Å². The topological polar surface area (TPSA) is 126 Å². The van der Waals surface area contributed by atoms with Crippen LogP contribution in [0, 0.1) is 17.3 Å². The van der Waals surface area contributed by atoms with Crippen LogP contribution < -0.4 is 11.1 Å². The van der Waals surface area contributed by atoms with Crippen LogP contribution >= 0.6 is 27.5 Å².